The van der Waals surface area contributed by atoms with Crippen LogP contribution in [0.1, 0.15) is 12.5 Å². The molecule has 0 saturated carbocycles. The maximum atomic E-state index is 9.32. The van der Waals surface area contributed by atoms with Gasteiger partial charge in [-0.05, 0) is 36.2 Å². The van der Waals surface area contributed by atoms with Crippen molar-refractivity contribution in [2.45, 2.75) is 24.8 Å². The van der Waals surface area contributed by atoms with Crippen molar-refractivity contribution in [2.75, 3.05) is 5.75 Å². The predicted octanol–water partition coefficient (Wildman–Crippen LogP) is 3.62. The molecule has 0 aliphatic rings. The second kappa shape index (κ2) is 4.89. The third-order valence-corrected chi connectivity index (χ3v) is 3.90. The number of fused-ring (bicyclic) bond motifs is 1. The van der Waals surface area contributed by atoms with Gasteiger partial charge in [0.2, 0.25) is 0 Å². The quantitative estimate of drug-likeness (QED) is 0.816. The van der Waals surface area contributed by atoms with Gasteiger partial charge in [-0.2, -0.15) is 0 Å². The van der Waals surface area contributed by atoms with Gasteiger partial charge in [0.15, 0.2) is 0 Å². The van der Waals surface area contributed by atoms with Gasteiger partial charge in [-0.3, -0.25) is 0 Å². The van der Waals surface area contributed by atoms with Crippen LogP contribution in [0.2, 0.25) is 0 Å². The summed E-state index contributed by atoms with van der Waals surface area (Å²) < 4.78 is 0. The summed E-state index contributed by atoms with van der Waals surface area (Å²) in [5.41, 5.74) is 1.30. The van der Waals surface area contributed by atoms with Crippen molar-refractivity contribution in [3.05, 3.63) is 42.0 Å². The van der Waals surface area contributed by atoms with Crippen LogP contribution < -0.4 is 0 Å². The first-order chi connectivity index (χ1) is 7.68. The molecule has 0 bridgehead atoms. The number of hydrogen-bond donors (Lipinski definition) is 1. The molecule has 16 heavy (non-hydrogen) atoms. The van der Waals surface area contributed by atoms with Crippen molar-refractivity contribution in [1.82, 2.24) is 0 Å². The Bertz CT molecular complexity index is 491. The van der Waals surface area contributed by atoms with Crippen LogP contribution in [0.3, 0.4) is 0 Å². The molecule has 0 radical (unpaired) electrons. The minimum Gasteiger partial charge on any atom is -0.393 e. The Labute approximate surface area is 100 Å². The van der Waals surface area contributed by atoms with Crippen molar-refractivity contribution in [1.29, 1.82) is 0 Å². The van der Waals surface area contributed by atoms with E-state index >= 15 is 0 Å². The molecule has 2 aromatic carbocycles. The molecule has 0 aromatic heterocycles. The Hall–Kier alpha value is -0.990. The first-order valence-electron chi connectivity index (χ1n) is 5.47. The molecule has 0 aliphatic carbocycles. The molecule has 1 nitrogen and oxygen atoms in total. The van der Waals surface area contributed by atoms with E-state index in [4.69, 9.17) is 0 Å². The number of hydrogen-bond acceptors (Lipinski definition) is 2. The molecule has 0 aliphatic heterocycles. The Morgan fingerprint density at radius 1 is 1.12 bits per heavy atom. The minimum atomic E-state index is -0.259. The number of aliphatic hydroxyl groups excluding tert-OH is 1. The summed E-state index contributed by atoms with van der Waals surface area (Å²) in [5, 5.41) is 11.9. The van der Waals surface area contributed by atoms with Gasteiger partial charge in [-0.15, -0.1) is 11.8 Å². The number of aryl methyl sites for hydroxylation is 1. The fourth-order valence-electron chi connectivity index (χ4n) is 1.77. The van der Waals surface area contributed by atoms with Crippen LogP contribution in [0, 0.1) is 6.92 Å². The summed E-state index contributed by atoms with van der Waals surface area (Å²) in [6.07, 6.45) is -0.259. The molecular weight excluding hydrogens is 216 g/mol. The molecule has 2 heteroatoms. The monoisotopic (exact) mass is 232 g/mol. The van der Waals surface area contributed by atoms with Gasteiger partial charge in [-0.1, -0.05) is 30.3 Å². The first kappa shape index (κ1) is 11.5. The van der Waals surface area contributed by atoms with Crippen molar-refractivity contribution in [2.24, 2.45) is 0 Å². The number of benzene rings is 2. The van der Waals surface area contributed by atoms with E-state index < -0.39 is 0 Å². The number of aliphatic hydroxyl groups is 1. The summed E-state index contributed by atoms with van der Waals surface area (Å²) in [6.45, 7) is 3.95. The van der Waals surface area contributed by atoms with E-state index in [0.717, 1.165) is 5.75 Å². The summed E-state index contributed by atoms with van der Waals surface area (Å²) in [7, 11) is 0. The molecule has 0 fully saturated rings. The van der Waals surface area contributed by atoms with Gasteiger partial charge in [0.25, 0.3) is 0 Å². The van der Waals surface area contributed by atoms with Crippen molar-refractivity contribution < 1.29 is 5.11 Å². The van der Waals surface area contributed by atoms with Gasteiger partial charge >= 0.3 is 0 Å². The summed E-state index contributed by atoms with van der Waals surface area (Å²) in [4.78, 5) is 1.25. The lowest BCUT2D eigenvalue weighted by Crippen LogP contribution is -2.02. The zero-order valence-corrected chi connectivity index (χ0v) is 10.4. The molecule has 1 N–H and O–H groups in total. The maximum Gasteiger partial charge on any atom is 0.0606 e. The largest absolute Gasteiger partial charge is 0.393 e. The second-order valence-corrected chi connectivity index (χ2v) is 5.15. The zero-order valence-electron chi connectivity index (χ0n) is 9.60. The standard InChI is InChI=1S/C14H16OS/c1-10-5-3-7-13-12(10)6-4-8-14(13)16-9-11(2)15/h3-8,11,15H,9H2,1-2H3. The van der Waals surface area contributed by atoms with Crippen molar-refractivity contribution >= 4 is 22.5 Å². The van der Waals surface area contributed by atoms with E-state index in [-0.39, 0.29) is 6.10 Å². The van der Waals surface area contributed by atoms with Crippen molar-refractivity contribution in [3.63, 3.8) is 0 Å². The average molecular weight is 232 g/mol. The van der Waals surface area contributed by atoms with Gasteiger partial charge in [-0.25, -0.2) is 0 Å². The molecule has 2 aromatic rings. The summed E-state index contributed by atoms with van der Waals surface area (Å²) >= 11 is 1.72. The highest BCUT2D eigenvalue weighted by molar-refractivity contribution is 7.99. The van der Waals surface area contributed by atoms with Crippen LogP contribution in [-0.4, -0.2) is 17.0 Å². The molecule has 0 heterocycles. The summed E-state index contributed by atoms with van der Waals surface area (Å²) in [5.74, 6) is 0.743. The Balaban J connectivity index is 2.42. The first-order valence-corrected chi connectivity index (χ1v) is 6.46. The smallest absolute Gasteiger partial charge is 0.0606 e. The molecule has 1 atom stereocenters. The normalized spacial score (nSPS) is 12.9. The molecule has 2 rings (SSSR count). The van der Waals surface area contributed by atoms with Crippen LogP contribution >= 0.6 is 11.8 Å². The van der Waals surface area contributed by atoms with Crippen LogP contribution in [-0.2, 0) is 0 Å². The SMILES string of the molecule is Cc1cccc2c(SCC(C)O)cccc12. The van der Waals surface area contributed by atoms with Gasteiger partial charge in [0.1, 0.15) is 0 Å². The fraction of sp³-hybridized carbons (Fsp3) is 0.286. The molecule has 0 saturated heterocycles. The van der Waals surface area contributed by atoms with Gasteiger partial charge in [0, 0.05) is 10.6 Å². The summed E-state index contributed by atoms with van der Waals surface area (Å²) in [6, 6.07) is 12.7. The van der Waals surface area contributed by atoms with Crippen LogP contribution in [0.25, 0.3) is 10.8 Å². The van der Waals surface area contributed by atoms with E-state index in [0.29, 0.717) is 0 Å². The molecular formula is C14H16OS. The minimum absolute atomic E-state index is 0.259. The Morgan fingerprint density at radius 3 is 2.56 bits per heavy atom. The average Bonchev–Trinajstić information content (AvgIpc) is 2.27. The molecule has 0 spiro atoms. The van der Waals surface area contributed by atoms with E-state index in [1.807, 2.05) is 6.92 Å². The highest BCUT2D eigenvalue weighted by Gasteiger charge is 2.04. The van der Waals surface area contributed by atoms with Crippen LogP contribution in [0.15, 0.2) is 41.3 Å². The highest BCUT2D eigenvalue weighted by atomic mass is 32.2. The van der Waals surface area contributed by atoms with Crippen LogP contribution in [0.4, 0.5) is 0 Å². The highest BCUT2D eigenvalue weighted by Crippen LogP contribution is 2.29. The lowest BCUT2D eigenvalue weighted by molar-refractivity contribution is 0.220. The lowest BCUT2D eigenvalue weighted by Gasteiger charge is -2.09. The lowest BCUT2D eigenvalue weighted by atomic mass is 10.1. The van der Waals surface area contributed by atoms with Crippen molar-refractivity contribution in [3.8, 4) is 0 Å². The van der Waals surface area contributed by atoms with E-state index in [9.17, 15) is 5.11 Å². The Morgan fingerprint density at radius 2 is 1.81 bits per heavy atom. The molecule has 1 unspecified atom stereocenters. The number of thioether (sulfide) groups is 1. The van der Waals surface area contributed by atoms with Gasteiger partial charge < -0.3 is 5.11 Å². The third-order valence-electron chi connectivity index (χ3n) is 2.58. The van der Waals surface area contributed by atoms with E-state index in [1.54, 1.807) is 11.8 Å². The topological polar surface area (TPSA) is 20.2 Å². The molecule has 0 amide bonds. The third kappa shape index (κ3) is 2.39. The Kier molecular flexibility index (Phi) is 3.52. The zero-order chi connectivity index (χ0) is 11.5. The van der Waals surface area contributed by atoms with E-state index in [2.05, 4.69) is 43.3 Å². The maximum absolute atomic E-state index is 9.32. The predicted molar refractivity (Wildman–Crippen MR) is 71.1 cm³/mol. The van der Waals surface area contributed by atoms with Gasteiger partial charge in [0.05, 0.1) is 6.10 Å². The second-order valence-electron chi connectivity index (χ2n) is 4.09. The van der Waals surface area contributed by atoms with E-state index in [1.165, 1.54) is 21.2 Å². The fourth-order valence-corrected chi connectivity index (χ4v) is 2.70. The molecule has 84 valence electrons. The number of rotatable bonds is 3. The van der Waals surface area contributed by atoms with Crippen LogP contribution in [0.5, 0.6) is 0 Å².